The summed E-state index contributed by atoms with van der Waals surface area (Å²) in [5, 5.41) is 0. The maximum atomic E-state index is 13.4. The third-order valence-corrected chi connectivity index (χ3v) is 6.10. The molecular formula is C20H24FN3O3. The van der Waals surface area contributed by atoms with E-state index in [-0.39, 0.29) is 36.6 Å². The van der Waals surface area contributed by atoms with Gasteiger partial charge in [0.25, 0.3) is 0 Å². The minimum Gasteiger partial charge on any atom is -0.339 e. The Hall–Kier alpha value is -2.28. The number of benzene rings is 1. The van der Waals surface area contributed by atoms with Gasteiger partial charge in [0.15, 0.2) is 0 Å². The molecule has 7 heteroatoms. The molecule has 0 spiro atoms. The molecule has 6 nitrogen and oxygen atoms in total. The molecule has 1 unspecified atom stereocenters. The second-order valence-corrected chi connectivity index (χ2v) is 7.74. The van der Waals surface area contributed by atoms with Crippen molar-refractivity contribution in [1.29, 1.82) is 0 Å². The molecule has 0 bridgehead atoms. The van der Waals surface area contributed by atoms with Gasteiger partial charge in [-0.05, 0) is 43.6 Å². The van der Waals surface area contributed by atoms with E-state index < -0.39 is 17.9 Å². The minimum atomic E-state index is -0.493. The molecule has 1 aromatic rings. The van der Waals surface area contributed by atoms with E-state index in [1.807, 2.05) is 0 Å². The molecular weight excluding hydrogens is 349 g/mol. The van der Waals surface area contributed by atoms with E-state index in [9.17, 15) is 18.8 Å². The van der Waals surface area contributed by atoms with Crippen LogP contribution in [0.15, 0.2) is 24.3 Å². The van der Waals surface area contributed by atoms with Gasteiger partial charge in [-0.15, -0.1) is 0 Å². The molecule has 3 aliphatic heterocycles. The number of hydrogen-bond acceptors (Lipinski definition) is 4. The van der Waals surface area contributed by atoms with Gasteiger partial charge in [0.05, 0.1) is 11.8 Å². The standard InChI is InChI=1S/C20H24FN3O3/c1-22-18(25)15-11-24(12-16(15)19(22)26)20(27)17(23-9-3-2-4-10-23)13-5-7-14(21)8-6-13/h5-8,15-17H,2-4,9-12H2,1H3/t15-,16+,17?. The number of carbonyl (C=O) groups excluding carboxylic acids is 3. The van der Waals surface area contributed by atoms with Crippen molar-refractivity contribution in [3.05, 3.63) is 35.6 Å². The summed E-state index contributed by atoms with van der Waals surface area (Å²) in [5.41, 5.74) is 0.759. The molecule has 3 atom stereocenters. The van der Waals surface area contributed by atoms with Gasteiger partial charge in [-0.25, -0.2) is 4.39 Å². The van der Waals surface area contributed by atoms with Crippen molar-refractivity contribution in [2.45, 2.75) is 25.3 Å². The number of hydrogen-bond donors (Lipinski definition) is 0. The smallest absolute Gasteiger partial charge is 0.244 e. The molecule has 4 rings (SSSR count). The molecule has 1 aromatic carbocycles. The van der Waals surface area contributed by atoms with Crippen LogP contribution in [0.3, 0.4) is 0 Å². The summed E-state index contributed by atoms with van der Waals surface area (Å²) in [4.78, 5) is 42.9. The van der Waals surface area contributed by atoms with E-state index in [1.54, 1.807) is 17.0 Å². The first-order valence-electron chi connectivity index (χ1n) is 9.57. The summed E-state index contributed by atoms with van der Waals surface area (Å²) >= 11 is 0. The average Bonchev–Trinajstić information content (AvgIpc) is 3.21. The molecule has 3 saturated heterocycles. The van der Waals surface area contributed by atoms with Crippen molar-refractivity contribution in [3.63, 3.8) is 0 Å². The Morgan fingerprint density at radius 1 is 1.00 bits per heavy atom. The third kappa shape index (κ3) is 3.14. The number of nitrogens with zero attached hydrogens (tertiary/aromatic N) is 3. The predicted octanol–water partition coefficient (Wildman–Crippen LogP) is 1.43. The van der Waals surface area contributed by atoms with Gasteiger partial charge in [-0.3, -0.25) is 24.2 Å². The maximum Gasteiger partial charge on any atom is 0.244 e. The van der Waals surface area contributed by atoms with E-state index in [0.29, 0.717) is 0 Å². The van der Waals surface area contributed by atoms with Crippen molar-refractivity contribution in [1.82, 2.24) is 14.7 Å². The number of piperidine rings is 1. The Morgan fingerprint density at radius 2 is 1.56 bits per heavy atom. The first-order chi connectivity index (χ1) is 13.0. The SMILES string of the molecule is CN1C(=O)[C@H]2CN(C(=O)C(c3ccc(F)cc3)N3CCCCC3)C[C@H]2C1=O. The Morgan fingerprint density at radius 3 is 2.11 bits per heavy atom. The zero-order chi connectivity index (χ0) is 19.1. The summed E-state index contributed by atoms with van der Waals surface area (Å²) < 4.78 is 13.4. The van der Waals surface area contributed by atoms with Crippen molar-refractivity contribution < 1.29 is 18.8 Å². The van der Waals surface area contributed by atoms with E-state index in [0.717, 1.165) is 37.9 Å². The highest BCUT2D eigenvalue weighted by Gasteiger charge is 2.52. The van der Waals surface area contributed by atoms with Gasteiger partial charge in [0.2, 0.25) is 17.7 Å². The number of fused-ring (bicyclic) bond motifs is 1. The van der Waals surface area contributed by atoms with Crippen LogP contribution in [-0.2, 0) is 14.4 Å². The van der Waals surface area contributed by atoms with Gasteiger partial charge in [-0.2, -0.15) is 0 Å². The zero-order valence-electron chi connectivity index (χ0n) is 15.4. The van der Waals surface area contributed by atoms with E-state index in [1.165, 1.54) is 24.1 Å². The van der Waals surface area contributed by atoms with Crippen LogP contribution in [0.1, 0.15) is 30.9 Å². The van der Waals surface area contributed by atoms with Gasteiger partial charge < -0.3 is 4.90 Å². The highest BCUT2D eigenvalue weighted by molar-refractivity contribution is 6.06. The van der Waals surface area contributed by atoms with Crippen LogP contribution in [0.5, 0.6) is 0 Å². The lowest BCUT2D eigenvalue weighted by Gasteiger charge is -2.36. The summed E-state index contributed by atoms with van der Waals surface area (Å²) in [5.74, 6) is -1.68. The monoisotopic (exact) mass is 373 g/mol. The molecule has 0 radical (unpaired) electrons. The van der Waals surface area contributed by atoms with Crippen molar-refractivity contribution in [3.8, 4) is 0 Å². The second-order valence-electron chi connectivity index (χ2n) is 7.74. The summed E-state index contributed by atoms with van der Waals surface area (Å²) in [7, 11) is 1.50. The fourth-order valence-electron chi connectivity index (χ4n) is 4.59. The van der Waals surface area contributed by atoms with Crippen LogP contribution in [-0.4, -0.2) is 65.6 Å². The van der Waals surface area contributed by atoms with Crippen molar-refractivity contribution >= 4 is 17.7 Å². The first-order valence-corrected chi connectivity index (χ1v) is 9.57. The molecule has 3 amide bonds. The molecule has 0 N–H and O–H groups in total. The summed E-state index contributed by atoms with van der Waals surface area (Å²) in [6, 6.07) is 5.58. The highest BCUT2D eigenvalue weighted by Crippen LogP contribution is 2.35. The number of likely N-dealkylation sites (tertiary alicyclic amines) is 3. The lowest BCUT2D eigenvalue weighted by Crippen LogP contribution is -2.45. The Kier molecular flexibility index (Phi) is 4.72. The van der Waals surface area contributed by atoms with Crippen LogP contribution in [0.4, 0.5) is 4.39 Å². The van der Waals surface area contributed by atoms with Crippen LogP contribution < -0.4 is 0 Å². The van der Waals surface area contributed by atoms with Crippen LogP contribution in [0.25, 0.3) is 0 Å². The van der Waals surface area contributed by atoms with E-state index in [2.05, 4.69) is 4.90 Å². The fourth-order valence-corrected chi connectivity index (χ4v) is 4.59. The number of rotatable bonds is 3. The molecule has 0 aromatic heterocycles. The molecule has 27 heavy (non-hydrogen) atoms. The van der Waals surface area contributed by atoms with Gasteiger partial charge in [0.1, 0.15) is 11.9 Å². The molecule has 144 valence electrons. The molecule has 0 saturated carbocycles. The van der Waals surface area contributed by atoms with Crippen LogP contribution in [0, 0.1) is 17.7 Å². The van der Waals surface area contributed by atoms with E-state index in [4.69, 9.17) is 0 Å². The highest BCUT2D eigenvalue weighted by atomic mass is 19.1. The predicted molar refractivity (Wildman–Crippen MR) is 95.9 cm³/mol. The third-order valence-electron chi connectivity index (χ3n) is 6.10. The Balaban J connectivity index is 1.59. The molecule has 0 aliphatic carbocycles. The first kappa shape index (κ1) is 18.1. The lowest BCUT2D eigenvalue weighted by atomic mass is 10.00. The van der Waals surface area contributed by atoms with Crippen LogP contribution in [0.2, 0.25) is 0 Å². The lowest BCUT2D eigenvalue weighted by molar-refractivity contribution is -0.141. The number of carbonyl (C=O) groups is 3. The average molecular weight is 373 g/mol. The molecule has 3 fully saturated rings. The normalized spacial score (nSPS) is 27.2. The second kappa shape index (κ2) is 7.03. The van der Waals surface area contributed by atoms with Crippen molar-refractivity contribution in [2.24, 2.45) is 11.8 Å². The minimum absolute atomic E-state index is 0.0961. The maximum absolute atomic E-state index is 13.4. The van der Waals surface area contributed by atoms with Gasteiger partial charge in [-0.1, -0.05) is 18.6 Å². The number of amides is 3. The fraction of sp³-hybridized carbons (Fsp3) is 0.550. The van der Waals surface area contributed by atoms with Crippen molar-refractivity contribution in [2.75, 3.05) is 33.2 Å². The van der Waals surface area contributed by atoms with Crippen LogP contribution >= 0.6 is 0 Å². The number of halogens is 1. The largest absolute Gasteiger partial charge is 0.339 e. The van der Waals surface area contributed by atoms with E-state index >= 15 is 0 Å². The topological polar surface area (TPSA) is 60.9 Å². The summed E-state index contributed by atoms with van der Waals surface area (Å²) in [6.45, 7) is 2.19. The molecule has 3 aliphatic rings. The Bertz CT molecular complexity index is 736. The zero-order valence-corrected chi connectivity index (χ0v) is 15.4. The number of imide groups is 1. The van der Waals surface area contributed by atoms with Gasteiger partial charge >= 0.3 is 0 Å². The summed E-state index contributed by atoms with van der Waals surface area (Å²) in [6.07, 6.45) is 3.19. The Labute approximate surface area is 157 Å². The quantitative estimate of drug-likeness (QED) is 0.752. The molecule has 3 heterocycles. The van der Waals surface area contributed by atoms with Gasteiger partial charge in [0, 0.05) is 20.1 Å².